The topological polar surface area (TPSA) is 58.6 Å². The molecule has 2 amide bonds. The molecule has 0 spiro atoms. The minimum Gasteiger partial charge on any atom is -0.356 e. The molecule has 20 heavy (non-hydrogen) atoms. The quantitative estimate of drug-likeness (QED) is 0.916. The Morgan fingerprint density at radius 2 is 2.10 bits per heavy atom. The molecule has 1 saturated heterocycles. The number of hydrogen-bond donors (Lipinski definition) is 1. The molecule has 6 heteroatoms. The van der Waals surface area contributed by atoms with Gasteiger partial charge in [-0.2, -0.15) is 0 Å². The van der Waals surface area contributed by atoms with Gasteiger partial charge in [-0.25, -0.2) is 0 Å². The maximum atomic E-state index is 12.1. The summed E-state index contributed by atoms with van der Waals surface area (Å²) in [5, 5.41) is 3.34. The summed E-state index contributed by atoms with van der Waals surface area (Å²) in [5.74, 6) is -0.364. The van der Waals surface area contributed by atoms with E-state index in [-0.39, 0.29) is 18.4 Å². The van der Waals surface area contributed by atoms with Crippen LogP contribution >= 0.6 is 11.6 Å². The molecule has 1 aliphatic rings. The maximum Gasteiger partial charge on any atom is 0.251 e. The van der Waals surface area contributed by atoms with Crippen molar-refractivity contribution in [3.63, 3.8) is 0 Å². The third-order valence-corrected chi connectivity index (χ3v) is 3.56. The van der Waals surface area contributed by atoms with Crippen LogP contribution in [0.25, 0.3) is 0 Å². The molecule has 1 heterocycles. The zero-order valence-corrected chi connectivity index (χ0v) is 12.2. The zero-order valence-electron chi connectivity index (χ0n) is 11.4. The fourth-order valence-electron chi connectivity index (χ4n) is 2.26. The Kier molecular flexibility index (Phi) is 4.62. The number of halogens is 1. The summed E-state index contributed by atoms with van der Waals surface area (Å²) in [7, 11) is 1.68. The number of rotatable bonds is 3. The van der Waals surface area contributed by atoms with Crippen molar-refractivity contribution in [3.8, 4) is 0 Å². The van der Waals surface area contributed by atoms with Crippen LogP contribution in [0.15, 0.2) is 24.3 Å². The van der Waals surface area contributed by atoms with Crippen molar-refractivity contribution in [1.29, 1.82) is 0 Å². The summed E-state index contributed by atoms with van der Waals surface area (Å²) < 4.78 is 5.44. The van der Waals surface area contributed by atoms with E-state index in [0.717, 1.165) is 5.56 Å². The highest BCUT2D eigenvalue weighted by atomic mass is 35.5. The van der Waals surface area contributed by atoms with Crippen molar-refractivity contribution in [3.05, 3.63) is 34.9 Å². The lowest BCUT2D eigenvalue weighted by Crippen LogP contribution is -2.53. The highest BCUT2D eigenvalue weighted by Gasteiger charge is 2.39. The number of nitrogens with one attached hydrogen (secondary N) is 1. The number of nitrogens with zero attached hydrogens (tertiary/aromatic N) is 1. The summed E-state index contributed by atoms with van der Waals surface area (Å²) in [6.07, 6.45) is -0.709. The summed E-state index contributed by atoms with van der Waals surface area (Å²) in [4.78, 5) is 25.5. The lowest BCUT2D eigenvalue weighted by Gasteiger charge is -2.38. The van der Waals surface area contributed by atoms with Crippen molar-refractivity contribution in [1.82, 2.24) is 10.2 Å². The average Bonchev–Trinajstić information content (AvgIpc) is 2.43. The van der Waals surface area contributed by atoms with E-state index in [0.29, 0.717) is 11.6 Å². The first-order valence-electron chi connectivity index (χ1n) is 6.45. The van der Waals surface area contributed by atoms with Crippen LogP contribution in [0.2, 0.25) is 5.02 Å². The molecule has 0 bridgehead atoms. The molecule has 0 saturated carbocycles. The van der Waals surface area contributed by atoms with Gasteiger partial charge < -0.3 is 15.0 Å². The van der Waals surface area contributed by atoms with Crippen molar-refractivity contribution in [2.45, 2.75) is 19.1 Å². The number of amides is 2. The van der Waals surface area contributed by atoms with Gasteiger partial charge in [0.15, 0.2) is 6.10 Å². The highest BCUT2D eigenvalue weighted by Crippen LogP contribution is 2.29. The van der Waals surface area contributed by atoms with Crippen LogP contribution in [-0.4, -0.2) is 43.0 Å². The van der Waals surface area contributed by atoms with Crippen LogP contribution in [0.5, 0.6) is 0 Å². The van der Waals surface area contributed by atoms with Gasteiger partial charge >= 0.3 is 0 Å². The predicted molar refractivity (Wildman–Crippen MR) is 75.4 cm³/mol. The summed E-state index contributed by atoms with van der Waals surface area (Å²) in [6, 6.07) is 6.63. The number of benzene rings is 1. The van der Waals surface area contributed by atoms with E-state index in [9.17, 15) is 9.59 Å². The van der Waals surface area contributed by atoms with Crippen molar-refractivity contribution in [2.75, 3.05) is 20.2 Å². The third-order valence-electron chi connectivity index (χ3n) is 3.30. The Morgan fingerprint density at radius 1 is 1.45 bits per heavy atom. The summed E-state index contributed by atoms with van der Waals surface area (Å²) in [6.45, 7) is 2.28. The van der Waals surface area contributed by atoms with Crippen LogP contribution in [0, 0.1) is 0 Å². The minimum atomic E-state index is -0.709. The predicted octanol–water partition coefficient (Wildman–Crippen LogP) is 1.37. The van der Waals surface area contributed by atoms with E-state index < -0.39 is 12.1 Å². The van der Waals surface area contributed by atoms with Crippen LogP contribution < -0.4 is 5.32 Å². The Balaban J connectivity index is 2.32. The molecule has 1 fully saturated rings. The molecule has 108 valence electrons. The molecule has 1 aromatic rings. The van der Waals surface area contributed by atoms with Gasteiger partial charge in [0.1, 0.15) is 6.61 Å². The molecule has 1 N–H and O–H groups in total. The van der Waals surface area contributed by atoms with E-state index in [4.69, 9.17) is 16.3 Å². The van der Waals surface area contributed by atoms with Gasteiger partial charge in [0.05, 0.1) is 6.04 Å². The lowest BCUT2D eigenvalue weighted by atomic mass is 9.97. The van der Waals surface area contributed by atoms with Gasteiger partial charge in [-0.15, -0.1) is 0 Å². The van der Waals surface area contributed by atoms with Gasteiger partial charge in [-0.3, -0.25) is 9.59 Å². The van der Waals surface area contributed by atoms with Crippen molar-refractivity contribution >= 4 is 23.4 Å². The van der Waals surface area contributed by atoms with Crippen LogP contribution in [0.1, 0.15) is 18.5 Å². The zero-order chi connectivity index (χ0) is 14.7. The Hall–Kier alpha value is -1.59. The number of ether oxygens (including phenoxy) is 1. The van der Waals surface area contributed by atoms with Gasteiger partial charge in [-0.1, -0.05) is 23.7 Å². The van der Waals surface area contributed by atoms with Crippen molar-refractivity contribution in [2.24, 2.45) is 0 Å². The average molecular weight is 297 g/mol. The fourth-order valence-corrected chi connectivity index (χ4v) is 2.39. The Morgan fingerprint density at radius 3 is 2.70 bits per heavy atom. The van der Waals surface area contributed by atoms with E-state index >= 15 is 0 Å². The fraction of sp³-hybridized carbons (Fsp3) is 0.429. The lowest BCUT2D eigenvalue weighted by molar-refractivity contribution is -0.162. The van der Waals surface area contributed by atoms with Gasteiger partial charge in [0.25, 0.3) is 5.91 Å². The van der Waals surface area contributed by atoms with E-state index in [1.807, 2.05) is 6.92 Å². The second kappa shape index (κ2) is 6.24. The molecule has 0 radical (unpaired) electrons. The first kappa shape index (κ1) is 14.8. The molecule has 0 aliphatic carbocycles. The van der Waals surface area contributed by atoms with Crippen LogP contribution in [0.4, 0.5) is 0 Å². The van der Waals surface area contributed by atoms with Crippen LogP contribution in [-0.2, 0) is 14.3 Å². The third kappa shape index (κ3) is 2.94. The largest absolute Gasteiger partial charge is 0.356 e. The minimum absolute atomic E-state index is 0.0810. The number of hydrogen-bond acceptors (Lipinski definition) is 3. The number of carbonyl (C=O) groups is 2. The smallest absolute Gasteiger partial charge is 0.251 e. The monoisotopic (exact) mass is 296 g/mol. The van der Waals surface area contributed by atoms with Gasteiger partial charge in [0.2, 0.25) is 5.91 Å². The second-order valence-electron chi connectivity index (χ2n) is 4.63. The van der Waals surface area contributed by atoms with E-state index in [1.54, 1.807) is 36.2 Å². The molecule has 2 rings (SSSR count). The normalized spacial score (nSPS) is 22.8. The standard InChI is InChI=1S/C14H17ClN2O3/c1-3-16-14(19)13-12(17(2)11(18)8-20-13)9-4-6-10(15)7-5-9/h4-7,12-13H,3,8H2,1-2H3,(H,16,19)/t12-,13+/m0/s1. The van der Waals surface area contributed by atoms with Crippen LogP contribution in [0.3, 0.4) is 0 Å². The Labute approximate surface area is 122 Å². The van der Waals surface area contributed by atoms with E-state index in [2.05, 4.69) is 5.32 Å². The number of morpholine rings is 1. The first-order chi connectivity index (χ1) is 9.54. The summed E-state index contributed by atoms with van der Waals surface area (Å²) >= 11 is 5.87. The SMILES string of the molecule is CCNC(=O)[C@@H]1OCC(=O)N(C)[C@H]1c1ccc(Cl)cc1. The number of carbonyl (C=O) groups excluding carboxylic acids is 2. The summed E-state index contributed by atoms with van der Waals surface area (Å²) in [5.41, 5.74) is 0.821. The van der Waals surface area contributed by atoms with E-state index in [1.165, 1.54) is 0 Å². The molecule has 1 aromatic carbocycles. The first-order valence-corrected chi connectivity index (χ1v) is 6.82. The van der Waals surface area contributed by atoms with Gasteiger partial charge in [-0.05, 0) is 24.6 Å². The van der Waals surface area contributed by atoms with Crippen molar-refractivity contribution < 1.29 is 14.3 Å². The highest BCUT2D eigenvalue weighted by molar-refractivity contribution is 6.30. The molecular formula is C14H17ClN2O3. The molecule has 0 aromatic heterocycles. The molecule has 1 aliphatic heterocycles. The second-order valence-corrected chi connectivity index (χ2v) is 5.06. The Bertz CT molecular complexity index is 504. The maximum absolute atomic E-state index is 12.1. The molecular weight excluding hydrogens is 280 g/mol. The molecule has 5 nitrogen and oxygen atoms in total. The van der Waals surface area contributed by atoms with Gasteiger partial charge in [0, 0.05) is 18.6 Å². The number of likely N-dealkylation sites (N-methyl/N-ethyl adjacent to an activating group) is 2. The molecule has 2 atom stereocenters. The molecule has 0 unspecified atom stereocenters.